The summed E-state index contributed by atoms with van der Waals surface area (Å²) in [5, 5.41) is 16.8. The lowest BCUT2D eigenvalue weighted by Gasteiger charge is -2.46. The van der Waals surface area contributed by atoms with Gasteiger partial charge in [0.1, 0.15) is 17.2 Å². The molecule has 0 bridgehead atoms. The minimum Gasteiger partial charge on any atom is -0.406 e. The molecule has 1 aliphatic heterocycles. The van der Waals surface area contributed by atoms with Crippen LogP contribution in [0, 0.1) is 6.92 Å². The summed E-state index contributed by atoms with van der Waals surface area (Å²) in [7, 11) is 1.54. The number of hydrogen-bond donors (Lipinski definition) is 3. The van der Waals surface area contributed by atoms with Gasteiger partial charge in [0.15, 0.2) is 0 Å². The van der Waals surface area contributed by atoms with Crippen molar-refractivity contribution < 1.29 is 23.0 Å². The summed E-state index contributed by atoms with van der Waals surface area (Å²) in [4.78, 5) is 31.0. The van der Waals surface area contributed by atoms with Crippen LogP contribution < -0.4 is 26.6 Å². The van der Waals surface area contributed by atoms with Crippen molar-refractivity contribution in [2.24, 2.45) is 7.05 Å². The molecular formula is C26H28F3N5O4. The molecule has 2 aromatic heterocycles. The Balaban J connectivity index is 1.52. The van der Waals surface area contributed by atoms with Gasteiger partial charge in [-0.15, -0.1) is 13.2 Å². The number of nitrogens with zero attached hydrogens (tertiary/aromatic N) is 3. The smallest absolute Gasteiger partial charge is 0.406 e. The van der Waals surface area contributed by atoms with Crippen LogP contribution in [0.2, 0.25) is 0 Å². The molecule has 202 valence electrons. The van der Waals surface area contributed by atoms with Gasteiger partial charge in [-0.25, -0.2) is 4.79 Å². The number of alkyl halides is 3. The number of benzene rings is 1. The van der Waals surface area contributed by atoms with Gasteiger partial charge in [0.25, 0.3) is 5.56 Å². The average molecular weight is 532 g/mol. The van der Waals surface area contributed by atoms with Crippen LogP contribution in [0.4, 0.5) is 19.0 Å². The highest BCUT2D eigenvalue weighted by Crippen LogP contribution is 2.40. The maximum absolute atomic E-state index is 13.7. The molecule has 3 aromatic rings. The topological polar surface area (TPSA) is 110 Å². The standard InChI is InChI=1S/C26H28F3N5O4/c1-16-6-7-18(30-14-16)15-31-25(13-17-4-3-5-19(12-17)38-26(27,28)29)20-21(32-25)33(2)23(36)34(22(20)35)11-10-24(37)8-9-24/h3-7,12,14,31-32,37H,8-11,13,15H2,1-2H3/t25-/m0/s1. The van der Waals surface area contributed by atoms with Crippen LogP contribution in [0.1, 0.15) is 41.6 Å². The van der Waals surface area contributed by atoms with Crippen LogP contribution in [-0.2, 0) is 32.2 Å². The Hall–Kier alpha value is -3.64. The summed E-state index contributed by atoms with van der Waals surface area (Å²) in [6.07, 6.45) is -1.52. The fourth-order valence-electron chi connectivity index (χ4n) is 4.74. The van der Waals surface area contributed by atoms with E-state index in [9.17, 15) is 27.9 Å². The Labute approximate surface area is 215 Å². The predicted molar refractivity (Wildman–Crippen MR) is 133 cm³/mol. The number of aryl methyl sites for hydroxylation is 1. The zero-order valence-corrected chi connectivity index (χ0v) is 20.9. The highest BCUT2D eigenvalue weighted by Gasteiger charge is 2.48. The van der Waals surface area contributed by atoms with Crippen molar-refractivity contribution in [1.82, 2.24) is 19.4 Å². The van der Waals surface area contributed by atoms with Crippen molar-refractivity contribution in [2.75, 3.05) is 5.32 Å². The fourth-order valence-corrected chi connectivity index (χ4v) is 4.74. The van der Waals surface area contributed by atoms with E-state index in [0.717, 1.165) is 10.1 Å². The van der Waals surface area contributed by atoms with Crippen LogP contribution in [0.5, 0.6) is 5.75 Å². The Bertz CT molecular complexity index is 1480. The van der Waals surface area contributed by atoms with Gasteiger partial charge < -0.3 is 15.2 Å². The van der Waals surface area contributed by atoms with E-state index in [1.165, 1.54) is 22.8 Å². The summed E-state index contributed by atoms with van der Waals surface area (Å²) in [5.74, 6) is -0.0473. The third kappa shape index (κ3) is 5.18. The lowest BCUT2D eigenvalue weighted by Crippen LogP contribution is -2.63. The molecule has 0 spiro atoms. The van der Waals surface area contributed by atoms with E-state index in [0.29, 0.717) is 29.9 Å². The molecule has 2 aliphatic rings. The van der Waals surface area contributed by atoms with Crippen molar-refractivity contribution in [2.45, 2.75) is 63.3 Å². The molecule has 5 rings (SSSR count). The number of hydrogen-bond acceptors (Lipinski definition) is 7. The van der Waals surface area contributed by atoms with Crippen molar-refractivity contribution >= 4 is 5.82 Å². The monoisotopic (exact) mass is 531 g/mol. The molecule has 3 N–H and O–H groups in total. The number of rotatable bonds is 9. The number of fused-ring (bicyclic) bond motifs is 1. The van der Waals surface area contributed by atoms with E-state index in [-0.39, 0.29) is 37.2 Å². The number of nitrogens with one attached hydrogen (secondary N) is 2. The number of aliphatic hydroxyl groups is 1. The molecule has 12 heteroatoms. The lowest BCUT2D eigenvalue weighted by molar-refractivity contribution is -0.274. The molecular weight excluding hydrogens is 503 g/mol. The average Bonchev–Trinajstić information content (AvgIpc) is 3.56. The maximum atomic E-state index is 13.7. The quantitative estimate of drug-likeness (QED) is 0.390. The zero-order chi connectivity index (χ0) is 27.3. The van der Waals surface area contributed by atoms with E-state index in [2.05, 4.69) is 20.4 Å². The summed E-state index contributed by atoms with van der Waals surface area (Å²) >= 11 is 0. The molecule has 38 heavy (non-hydrogen) atoms. The number of anilines is 1. The van der Waals surface area contributed by atoms with Crippen molar-refractivity contribution in [1.29, 1.82) is 0 Å². The van der Waals surface area contributed by atoms with Gasteiger partial charge in [-0.3, -0.25) is 24.2 Å². The molecule has 1 saturated carbocycles. The Morgan fingerprint density at radius 2 is 1.97 bits per heavy atom. The molecule has 9 nitrogen and oxygen atoms in total. The van der Waals surface area contributed by atoms with Gasteiger partial charge in [-0.2, -0.15) is 0 Å². The second-order valence-electron chi connectivity index (χ2n) is 10.1. The predicted octanol–water partition coefficient (Wildman–Crippen LogP) is 2.67. The summed E-state index contributed by atoms with van der Waals surface area (Å²) < 4.78 is 45.0. The van der Waals surface area contributed by atoms with Gasteiger partial charge in [-0.05, 0) is 55.5 Å². The molecule has 1 atom stereocenters. The summed E-state index contributed by atoms with van der Waals surface area (Å²) in [5.41, 5.74) is -0.639. The van der Waals surface area contributed by atoms with Crippen molar-refractivity contribution in [3.8, 4) is 5.75 Å². The third-order valence-electron chi connectivity index (χ3n) is 7.08. The van der Waals surface area contributed by atoms with Gasteiger partial charge in [0.2, 0.25) is 0 Å². The van der Waals surface area contributed by atoms with E-state index < -0.39 is 28.9 Å². The number of pyridine rings is 1. The highest BCUT2D eigenvalue weighted by molar-refractivity contribution is 5.62. The molecule has 0 radical (unpaired) electrons. The van der Waals surface area contributed by atoms with Crippen LogP contribution in [0.15, 0.2) is 52.2 Å². The number of aromatic nitrogens is 3. The Morgan fingerprint density at radius 1 is 1.21 bits per heavy atom. The largest absolute Gasteiger partial charge is 0.573 e. The first-order chi connectivity index (χ1) is 17.9. The third-order valence-corrected chi connectivity index (χ3v) is 7.08. The molecule has 0 saturated heterocycles. The molecule has 3 heterocycles. The minimum absolute atomic E-state index is 0.0553. The fraction of sp³-hybridized carbons (Fsp3) is 0.423. The SMILES string of the molecule is Cc1ccc(CN[C@@]2(Cc3cccc(OC(F)(F)F)c3)Nc3c2c(=O)n(CCC2(O)CC2)c(=O)n3C)nc1. The second-order valence-corrected chi connectivity index (χ2v) is 10.1. The van der Waals surface area contributed by atoms with E-state index in [4.69, 9.17) is 0 Å². The first kappa shape index (κ1) is 26.0. The molecule has 0 unspecified atom stereocenters. The molecule has 0 amide bonds. The molecule has 1 aromatic carbocycles. The van der Waals surface area contributed by atoms with E-state index in [1.54, 1.807) is 19.3 Å². The maximum Gasteiger partial charge on any atom is 0.573 e. The highest BCUT2D eigenvalue weighted by atomic mass is 19.4. The van der Waals surface area contributed by atoms with Crippen molar-refractivity contribution in [3.05, 3.63) is 85.8 Å². The number of halogens is 3. The van der Waals surface area contributed by atoms with Crippen LogP contribution in [-0.4, -0.2) is 31.2 Å². The second kappa shape index (κ2) is 9.28. The molecule has 1 aliphatic carbocycles. The van der Waals surface area contributed by atoms with E-state index >= 15 is 0 Å². The van der Waals surface area contributed by atoms with E-state index in [1.807, 2.05) is 19.1 Å². The van der Waals surface area contributed by atoms with Crippen molar-refractivity contribution in [3.63, 3.8) is 0 Å². The van der Waals surface area contributed by atoms with Crippen LogP contribution >= 0.6 is 0 Å². The normalized spacial score (nSPS) is 19.3. The van der Waals surface area contributed by atoms with Gasteiger partial charge >= 0.3 is 12.1 Å². The van der Waals surface area contributed by atoms with Crippen LogP contribution in [0.3, 0.4) is 0 Å². The Morgan fingerprint density at radius 3 is 2.63 bits per heavy atom. The first-order valence-electron chi connectivity index (χ1n) is 12.2. The van der Waals surface area contributed by atoms with Gasteiger partial charge in [-0.1, -0.05) is 18.2 Å². The zero-order valence-electron chi connectivity index (χ0n) is 20.9. The van der Waals surface area contributed by atoms with Crippen LogP contribution in [0.25, 0.3) is 0 Å². The minimum atomic E-state index is -4.84. The number of ether oxygens (including phenoxy) is 1. The summed E-state index contributed by atoms with van der Waals surface area (Å²) in [6, 6.07) is 9.29. The van der Waals surface area contributed by atoms with Gasteiger partial charge in [0, 0.05) is 32.8 Å². The molecule has 1 fully saturated rings. The van der Waals surface area contributed by atoms with Gasteiger partial charge in [0.05, 0.1) is 16.9 Å². The lowest BCUT2D eigenvalue weighted by atomic mass is 9.86. The summed E-state index contributed by atoms with van der Waals surface area (Å²) in [6.45, 7) is 2.21. The Kier molecular flexibility index (Phi) is 6.35. The first-order valence-corrected chi connectivity index (χ1v) is 12.2.